The highest BCUT2D eigenvalue weighted by Crippen LogP contribution is 2.16. The molecular formula is C75H124O6. The van der Waals surface area contributed by atoms with Crippen molar-refractivity contribution >= 4 is 17.9 Å². The van der Waals surface area contributed by atoms with Crippen LogP contribution in [0.4, 0.5) is 0 Å². The van der Waals surface area contributed by atoms with E-state index in [4.69, 9.17) is 14.2 Å². The van der Waals surface area contributed by atoms with Crippen LogP contribution in [0.5, 0.6) is 0 Å². The molecule has 0 bridgehead atoms. The Labute approximate surface area is 500 Å². The average Bonchev–Trinajstić information content (AvgIpc) is 3.46. The topological polar surface area (TPSA) is 78.9 Å². The Morgan fingerprint density at radius 3 is 0.704 bits per heavy atom. The summed E-state index contributed by atoms with van der Waals surface area (Å²) in [6.45, 7) is 6.29. The van der Waals surface area contributed by atoms with Crippen LogP contribution in [-0.2, 0) is 28.6 Å². The maximum Gasteiger partial charge on any atom is 0.306 e. The minimum absolute atomic E-state index is 0.0911. The predicted molar refractivity (Wildman–Crippen MR) is 353 cm³/mol. The predicted octanol–water partition coefficient (Wildman–Crippen LogP) is 23.3. The van der Waals surface area contributed by atoms with Gasteiger partial charge in [0.25, 0.3) is 0 Å². The Morgan fingerprint density at radius 2 is 0.444 bits per heavy atom. The van der Waals surface area contributed by atoms with Crippen LogP contribution in [0.3, 0.4) is 0 Å². The van der Waals surface area contributed by atoms with Crippen molar-refractivity contribution in [1.29, 1.82) is 0 Å². The number of carbonyl (C=O) groups is 3. The molecule has 1 atom stereocenters. The van der Waals surface area contributed by atoms with E-state index in [1.165, 1.54) is 128 Å². The molecule has 0 radical (unpaired) electrons. The zero-order valence-corrected chi connectivity index (χ0v) is 52.8. The molecule has 460 valence electrons. The first-order chi connectivity index (χ1) is 40.0. The molecule has 0 aromatic heterocycles. The molecule has 1 unspecified atom stereocenters. The molecule has 0 fully saturated rings. The second-order valence-corrected chi connectivity index (χ2v) is 21.9. The summed E-state index contributed by atoms with van der Waals surface area (Å²) in [5, 5.41) is 0. The van der Waals surface area contributed by atoms with E-state index in [0.717, 1.165) is 135 Å². The van der Waals surface area contributed by atoms with Crippen LogP contribution in [0, 0.1) is 0 Å². The summed E-state index contributed by atoms with van der Waals surface area (Å²) in [6, 6.07) is 0. The highest BCUT2D eigenvalue weighted by molar-refractivity contribution is 5.71. The summed E-state index contributed by atoms with van der Waals surface area (Å²) in [5.41, 5.74) is 0. The van der Waals surface area contributed by atoms with Crippen LogP contribution in [0.1, 0.15) is 303 Å². The fourth-order valence-electron chi connectivity index (χ4n) is 9.21. The third-order valence-corrected chi connectivity index (χ3v) is 14.1. The van der Waals surface area contributed by atoms with Gasteiger partial charge in [-0.1, -0.05) is 289 Å². The Kier molecular flexibility index (Phi) is 64.3. The number of unbranched alkanes of at least 4 members (excludes halogenated alkanes) is 27. The van der Waals surface area contributed by atoms with Gasteiger partial charge in [0.2, 0.25) is 0 Å². The minimum Gasteiger partial charge on any atom is -0.462 e. The maximum atomic E-state index is 12.9. The number of hydrogen-bond donors (Lipinski definition) is 0. The molecule has 0 amide bonds. The second-order valence-electron chi connectivity index (χ2n) is 21.9. The van der Waals surface area contributed by atoms with E-state index >= 15 is 0 Å². The first-order valence-corrected chi connectivity index (χ1v) is 33.7. The zero-order valence-electron chi connectivity index (χ0n) is 52.8. The van der Waals surface area contributed by atoms with Gasteiger partial charge in [0.05, 0.1) is 0 Å². The largest absolute Gasteiger partial charge is 0.462 e. The summed E-state index contributed by atoms with van der Waals surface area (Å²) >= 11 is 0. The molecule has 0 aromatic carbocycles. The number of esters is 3. The minimum atomic E-state index is -0.797. The number of ether oxygens (including phenoxy) is 3. The van der Waals surface area contributed by atoms with E-state index in [-0.39, 0.29) is 31.1 Å². The molecule has 0 aliphatic rings. The van der Waals surface area contributed by atoms with Crippen LogP contribution < -0.4 is 0 Å². The van der Waals surface area contributed by atoms with E-state index in [1.807, 2.05) is 0 Å². The third kappa shape index (κ3) is 66.2. The SMILES string of the molecule is CC/C=C\C/C=C\C/C=C\C/C=C\CCCCCCCCCCCCCCC(=O)OCC(COC(=O)CCCCC/C=C\C/C=C\C/C=C\CC)OC(=O)CCCCCCCCCCCCCC/C=C\C/C=C\C/C=C\C/C=C\CC. The van der Waals surface area contributed by atoms with Crippen molar-refractivity contribution in [3.63, 3.8) is 0 Å². The Morgan fingerprint density at radius 1 is 0.247 bits per heavy atom. The average molecular weight is 1120 g/mol. The number of allylic oxidation sites excluding steroid dienone is 22. The van der Waals surface area contributed by atoms with Crippen molar-refractivity contribution in [2.75, 3.05) is 13.2 Å². The van der Waals surface area contributed by atoms with Crippen molar-refractivity contribution in [1.82, 2.24) is 0 Å². The Bertz CT molecular complexity index is 1720. The van der Waals surface area contributed by atoms with Crippen molar-refractivity contribution in [3.8, 4) is 0 Å². The molecule has 6 heteroatoms. The van der Waals surface area contributed by atoms with Gasteiger partial charge in [-0.2, -0.15) is 0 Å². The first-order valence-electron chi connectivity index (χ1n) is 33.7. The van der Waals surface area contributed by atoms with Crippen LogP contribution in [0.25, 0.3) is 0 Å². The van der Waals surface area contributed by atoms with E-state index in [1.54, 1.807) is 0 Å². The van der Waals surface area contributed by atoms with Gasteiger partial charge in [-0.05, 0) is 128 Å². The van der Waals surface area contributed by atoms with Crippen molar-refractivity contribution in [3.05, 3.63) is 134 Å². The summed E-state index contributed by atoms with van der Waals surface area (Å²) in [4.78, 5) is 38.4. The lowest BCUT2D eigenvalue weighted by Crippen LogP contribution is -2.30. The highest BCUT2D eigenvalue weighted by atomic mass is 16.6. The van der Waals surface area contributed by atoms with Gasteiger partial charge in [0.1, 0.15) is 13.2 Å². The first kappa shape index (κ1) is 76.5. The summed E-state index contributed by atoms with van der Waals surface area (Å²) in [7, 11) is 0. The smallest absolute Gasteiger partial charge is 0.306 e. The quantitative estimate of drug-likeness (QED) is 0.0261. The van der Waals surface area contributed by atoms with Crippen LogP contribution >= 0.6 is 0 Å². The summed E-state index contributed by atoms with van der Waals surface area (Å²) < 4.78 is 16.9. The Hall–Kier alpha value is -4.45. The number of carbonyl (C=O) groups excluding carboxylic acids is 3. The standard InChI is InChI=1S/C75H124O6/c1-4-7-10-13-16-19-22-25-27-29-31-33-35-37-39-41-43-45-47-50-53-56-59-62-65-68-74(77)80-71-72(70-79-73(76)67-64-61-58-55-52-49-24-21-18-15-12-9-6-3)81-75(78)69-66-63-60-57-54-51-48-46-44-42-40-38-36-34-32-30-28-26-23-20-17-14-11-8-5-2/h7-12,16-21,25-28,31-34,49,52,72H,4-6,13-15,22-24,29-30,35-48,50-51,53-71H2,1-3H3/b10-7-,11-8-,12-9-,19-16-,20-17-,21-18-,27-25-,28-26-,33-31-,34-32-,52-49-. The van der Waals surface area contributed by atoms with Gasteiger partial charge >= 0.3 is 17.9 Å². The van der Waals surface area contributed by atoms with E-state index in [2.05, 4.69) is 154 Å². The second kappa shape index (κ2) is 68.1. The van der Waals surface area contributed by atoms with Crippen molar-refractivity contribution < 1.29 is 28.6 Å². The molecule has 0 aromatic rings. The van der Waals surface area contributed by atoms with Gasteiger partial charge in [-0.3, -0.25) is 14.4 Å². The molecular weight excluding hydrogens is 997 g/mol. The van der Waals surface area contributed by atoms with Crippen molar-refractivity contribution in [2.24, 2.45) is 0 Å². The van der Waals surface area contributed by atoms with Crippen LogP contribution in [-0.4, -0.2) is 37.2 Å². The molecule has 0 aliphatic heterocycles. The zero-order chi connectivity index (χ0) is 58.5. The van der Waals surface area contributed by atoms with Crippen molar-refractivity contribution in [2.45, 2.75) is 309 Å². The molecule has 81 heavy (non-hydrogen) atoms. The monoisotopic (exact) mass is 1120 g/mol. The maximum absolute atomic E-state index is 12.9. The van der Waals surface area contributed by atoms with Crippen LogP contribution in [0.15, 0.2) is 134 Å². The normalized spacial score (nSPS) is 13.0. The van der Waals surface area contributed by atoms with Gasteiger partial charge in [-0.15, -0.1) is 0 Å². The third-order valence-electron chi connectivity index (χ3n) is 14.1. The molecule has 6 nitrogen and oxygen atoms in total. The molecule has 0 saturated heterocycles. The molecule has 0 saturated carbocycles. The molecule has 0 N–H and O–H groups in total. The highest BCUT2D eigenvalue weighted by Gasteiger charge is 2.19. The van der Waals surface area contributed by atoms with E-state index in [9.17, 15) is 14.4 Å². The van der Waals surface area contributed by atoms with Gasteiger partial charge in [0.15, 0.2) is 6.10 Å². The number of hydrogen-bond acceptors (Lipinski definition) is 6. The molecule has 0 aliphatic carbocycles. The lowest BCUT2D eigenvalue weighted by molar-refractivity contribution is -0.167. The lowest BCUT2D eigenvalue weighted by atomic mass is 10.0. The fourth-order valence-corrected chi connectivity index (χ4v) is 9.21. The summed E-state index contributed by atoms with van der Waals surface area (Å²) in [5.74, 6) is -0.919. The number of rotatable bonds is 60. The Balaban J connectivity index is 4.32. The van der Waals surface area contributed by atoms with E-state index < -0.39 is 6.10 Å². The molecule has 0 spiro atoms. The van der Waals surface area contributed by atoms with Gasteiger partial charge < -0.3 is 14.2 Å². The van der Waals surface area contributed by atoms with E-state index in [0.29, 0.717) is 19.3 Å². The molecule has 0 rings (SSSR count). The lowest BCUT2D eigenvalue weighted by Gasteiger charge is -2.18. The van der Waals surface area contributed by atoms with Crippen LogP contribution in [0.2, 0.25) is 0 Å². The fraction of sp³-hybridized carbons (Fsp3) is 0.667. The molecule has 0 heterocycles. The van der Waals surface area contributed by atoms with Gasteiger partial charge in [-0.25, -0.2) is 0 Å². The van der Waals surface area contributed by atoms with Gasteiger partial charge in [0, 0.05) is 19.3 Å². The summed E-state index contributed by atoms with van der Waals surface area (Å²) in [6.07, 6.45) is 96.1.